The smallest absolute Gasteiger partial charge is 0.270 e. The van der Waals surface area contributed by atoms with E-state index in [9.17, 15) is 19.3 Å². The summed E-state index contributed by atoms with van der Waals surface area (Å²) in [5, 5.41) is 12.6. The molecule has 1 heterocycles. The van der Waals surface area contributed by atoms with Crippen molar-refractivity contribution in [2.75, 3.05) is 7.05 Å². The fourth-order valence-electron chi connectivity index (χ4n) is 1.88. The molecule has 1 aromatic heterocycles. The van der Waals surface area contributed by atoms with Gasteiger partial charge in [0.05, 0.1) is 16.5 Å². The Kier molecular flexibility index (Phi) is 4.32. The minimum atomic E-state index is -0.768. The van der Waals surface area contributed by atoms with Gasteiger partial charge in [-0.25, -0.2) is 4.39 Å². The van der Waals surface area contributed by atoms with Crippen LogP contribution in [0.2, 0.25) is 0 Å². The van der Waals surface area contributed by atoms with E-state index >= 15 is 0 Å². The lowest BCUT2D eigenvalue weighted by Crippen LogP contribution is -2.30. The Balaban J connectivity index is 2.31. The SMILES string of the molecule is CC(c1cccs1)N(C)C(=O)c1cc([N+](=O)[O-])ccc1F. The molecule has 0 saturated carbocycles. The summed E-state index contributed by atoms with van der Waals surface area (Å²) in [6.45, 7) is 1.82. The van der Waals surface area contributed by atoms with Crippen LogP contribution in [0.4, 0.5) is 10.1 Å². The second kappa shape index (κ2) is 6.01. The van der Waals surface area contributed by atoms with E-state index in [1.165, 1.54) is 16.2 Å². The summed E-state index contributed by atoms with van der Waals surface area (Å²) >= 11 is 1.49. The normalized spacial score (nSPS) is 12.0. The summed E-state index contributed by atoms with van der Waals surface area (Å²) in [6, 6.07) is 6.45. The van der Waals surface area contributed by atoms with Gasteiger partial charge in [0.1, 0.15) is 5.82 Å². The number of amides is 1. The van der Waals surface area contributed by atoms with Crippen LogP contribution < -0.4 is 0 Å². The van der Waals surface area contributed by atoms with E-state index in [4.69, 9.17) is 0 Å². The number of thiophene rings is 1. The highest BCUT2D eigenvalue weighted by Crippen LogP contribution is 2.26. The Morgan fingerprint density at radius 3 is 2.71 bits per heavy atom. The van der Waals surface area contributed by atoms with E-state index < -0.39 is 16.6 Å². The first-order chi connectivity index (χ1) is 9.91. The van der Waals surface area contributed by atoms with E-state index in [1.807, 2.05) is 24.4 Å². The van der Waals surface area contributed by atoms with Gasteiger partial charge in [-0.1, -0.05) is 6.07 Å². The predicted octanol–water partition coefficient (Wildman–Crippen LogP) is 3.63. The van der Waals surface area contributed by atoms with Crippen molar-refractivity contribution in [3.05, 3.63) is 62.1 Å². The maximum atomic E-state index is 13.8. The molecular formula is C14H13FN2O3S. The van der Waals surface area contributed by atoms with Crippen molar-refractivity contribution >= 4 is 22.9 Å². The predicted molar refractivity (Wildman–Crippen MR) is 77.9 cm³/mol. The molecule has 0 saturated heterocycles. The molecule has 1 aromatic carbocycles. The minimum Gasteiger partial charge on any atom is -0.334 e. The van der Waals surface area contributed by atoms with Crippen LogP contribution in [0.5, 0.6) is 0 Å². The van der Waals surface area contributed by atoms with Crippen LogP contribution in [0.15, 0.2) is 35.7 Å². The molecule has 7 heteroatoms. The Labute approximate surface area is 124 Å². The molecule has 110 valence electrons. The van der Waals surface area contributed by atoms with Gasteiger partial charge < -0.3 is 4.90 Å². The minimum absolute atomic E-state index is 0.240. The largest absolute Gasteiger partial charge is 0.334 e. The number of hydrogen-bond donors (Lipinski definition) is 0. The first-order valence-electron chi connectivity index (χ1n) is 6.16. The molecule has 0 radical (unpaired) electrons. The first kappa shape index (κ1) is 15.1. The maximum absolute atomic E-state index is 13.8. The van der Waals surface area contributed by atoms with Gasteiger partial charge in [-0.05, 0) is 24.4 Å². The van der Waals surface area contributed by atoms with E-state index in [-0.39, 0.29) is 17.3 Å². The van der Waals surface area contributed by atoms with Gasteiger partial charge in [0, 0.05) is 24.1 Å². The standard InChI is InChI=1S/C14H13FN2O3S/c1-9(13-4-3-7-21-13)16(2)14(18)11-8-10(17(19)20)5-6-12(11)15/h3-9H,1-2H3. The molecule has 2 rings (SSSR count). The molecule has 2 aromatic rings. The van der Waals surface area contributed by atoms with Crippen molar-refractivity contribution in [3.8, 4) is 0 Å². The summed E-state index contributed by atoms with van der Waals surface area (Å²) in [5.74, 6) is -1.35. The maximum Gasteiger partial charge on any atom is 0.270 e. The van der Waals surface area contributed by atoms with Crippen LogP contribution in [-0.4, -0.2) is 22.8 Å². The van der Waals surface area contributed by atoms with Crippen LogP contribution in [0.1, 0.15) is 28.2 Å². The monoisotopic (exact) mass is 308 g/mol. The number of nitro benzene ring substituents is 1. The number of carbonyl (C=O) groups excluding carboxylic acids is 1. The van der Waals surface area contributed by atoms with Gasteiger partial charge in [0.2, 0.25) is 0 Å². The Morgan fingerprint density at radius 2 is 2.14 bits per heavy atom. The van der Waals surface area contributed by atoms with Crippen LogP contribution in [0, 0.1) is 15.9 Å². The van der Waals surface area contributed by atoms with E-state index in [0.29, 0.717) is 0 Å². The molecule has 0 fully saturated rings. The molecule has 0 N–H and O–H groups in total. The van der Waals surface area contributed by atoms with E-state index in [2.05, 4.69) is 0 Å². The number of non-ortho nitro benzene ring substituents is 1. The molecule has 0 aliphatic carbocycles. The molecule has 0 aliphatic heterocycles. The average Bonchev–Trinajstić information content (AvgIpc) is 2.99. The summed E-state index contributed by atoms with van der Waals surface area (Å²) < 4.78 is 13.8. The Bertz CT molecular complexity index is 673. The summed E-state index contributed by atoms with van der Waals surface area (Å²) in [6.07, 6.45) is 0. The number of rotatable bonds is 4. The van der Waals surface area contributed by atoms with Gasteiger partial charge in [-0.15, -0.1) is 11.3 Å². The number of halogens is 1. The highest BCUT2D eigenvalue weighted by molar-refractivity contribution is 7.10. The topological polar surface area (TPSA) is 63.5 Å². The van der Waals surface area contributed by atoms with Crippen LogP contribution in [0.25, 0.3) is 0 Å². The van der Waals surface area contributed by atoms with E-state index in [0.717, 1.165) is 23.1 Å². The fraction of sp³-hybridized carbons (Fsp3) is 0.214. The zero-order valence-electron chi connectivity index (χ0n) is 11.4. The number of nitro groups is 1. The summed E-state index contributed by atoms with van der Waals surface area (Å²) in [5.41, 5.74) is -0.605. The van der Waals surface area contributed by atoms with Gasteiger partial charge in [0.25, 0.3) is 11.6 Å². The molecule has 0 bridgehead atoms. The first-order valence-corrected chi connectivity index (χ1v) is 7.04. The second-order valence-electron chi connectivity index (χ2n) is 4.53. The van der Waals surface area contributed by atoms with Crippen molar-refractivity contribution in [2.45, 2.75) is 13.0 Å². The third-order valence-corrected chi connectivity index (χ3v) is 4.29. The summed E-state index contributed by atoms with van der Waals surface area (Å²) in [4.78, 5) is 24.8. The molecule has 5 nitrogen and oxygen atoms in total. The zero-order valence-corrected chi connectivity index (χ0v) is 12.3. The van der Waals surface area contributed by atoms with Crippen molar-refractivity contribution in [2.24, 2.45) is 0 Å². The zero-order chi connectivity index (χ0) is 15.6. The summed E-state index contributed by atoms with van der Waals surface area (Å²) in [7, 11) is 1.55. The average molecular weight is 308 g/mol. The van der Waals surface area contributed by atoms with Gasteiger partial charge in [-0.2, -0.15) is 0 Å². The van der Waals surface area contributed by atoms with Crippen LogP contribution in [0.3, 0.4) is 0 Å². The van der Waals surface area contributed by atoms with Crippen molar-refractivity contribution < 1.29 is 14.1 Å². The van der Waals surface area contributed by atoms with Crippen molar-refractivity contribution in [1.82, 2.24) is 4.90 Å². The van der Waals surface area contributed by atoms with Crippen LogP contribution in [-0.2, 0) is 0 Å². The quantitative estimate of drug-likeness (QED) is 0.640. The fourth-order valence-corrected chi connectivity index (χ4v) is 2.70. The van der Waals surface area contributed by atoms with Crippen LogP contribution >= 0.6 is 11.3 Å². The van der Waals surface area contributed by atoms with Gasteiger partial charge >= 0.3 is 0 Å². The van der Waals surface area contributed by atoms with E-state index in [1.54, 1.807) is 7.05 Å². The number of hydrogen-bond acceptors (Lipinski definition) is 4. The Hall–Kier alpha value is -2.28. The molecule has 1 unspecified atom stereocenters. The molecular weight excluding hydrogens is 295 g/mol. The third kappa shape index (κ3) is 3.08. The van der Waals surface area contributed by atoms with Gasteiger partial charge in [-0.3, -0.25) is 14.9 Å². The number of benzene rings is 1. The lowest BCUT2D eigenvalue weighted by molar-refractivity contribution is -0.384. The molecule has 21 heavy (non-hydrogen) atoms. The second-order valence-corrected chi connectivity index (χ2v) is 5.51. The molecule has 1 atom stereocenters. The third-order valence-electron chi connectivity index (χ3n) is 3.25. The molecule has 1 amide bonds. The lowest BCUT2D eigenvalue weighted by atomic mass is 10.1. The van der Waals surface area contributed by atoms with Crippen molar-refractivity contribution in [1.29, 1.82) is 0 Å². The highest BCUT2D eigenvalue weighted by atomic mass is 32.1. The lowest BCUT2D eigenvalue weighted by Gasteiger charge is -2.24. The number of nitrogens with zero attached hydrogens (tertiary/aromatic N) is 2. The highest BCUT2D eigenvalue weighted by Gasteiger charge is 2.24. The van der Waals surface area contributed by atoms with Gasteiger partial charge in [0.15, 0.2) is 0 Å². The number of carbonyl (C=O) groups is 1. The Morgan fingerprint density at radius 1 is 1.43 bits per heavy atom. The van der Waals surface area contributed by atoms with Crippen molar-refractivity contribution in [3.63, 3.8) is 0 Å². The molecule has 0 aliphatic rings. The molecule has 0 spiro atoms.